The second-order valence-electron chi connectivity index (χ2n) is 13.4. The average molecular weight is 800 g/mol. The molecule has 6 rings (SSSR count). The van der Waals surface area contributed by atoms with Crippen molar-refractivity contribution in [2.75, 3.05) is 64.2 Å². The molecule has 3 aliphatic rings. The smallest absolute Gasteiger partial charge is 0.280 e. The van der Waals surface area contributed by atoms with Gasteiger partial charge in [0.25, 0.3) is 11.8 Å². The van der Waals surface area contributed by atoms with Crippen molar-refractivity contribution in [2.45, 2.75) is 75.9 Å². The predicted octanol–water partition coefficient (Wildman–Crippen LogP) is 0.259. The van der Waals surface area contributed by atoms with Crippen molar-refractivity contribution in [1.82, 2.24) is 45.5 Å². The highest BCUT2D eigenvalue weighted by Gasteiger charge is 2.27. The fraction of sp³-hybridized carbons (Fsp3) is 0.516. The molecule has 0 unspecified atom stereocenters. The van der Waals surface area contributed by atoms with Gasteiger partial charge in [0, 0.05) is 32.2 Å². The van der Waals surface area contributed by atoms with E-state index in [-0.39, 0.29) is 75.0 Å². The number of carbonyl (C=O) groups excluding carboxylic acids is 2. The Hall–Kier alpha value is -5.77. The standard InChI is InChI=1S/C31H44Cl2N20O2/c32-19-23(36)45-21(34)17(43-19)25(54)47-27(38)40-15-6-10-52(11-7-15)30-49-29(42-14-4-2-1-3-5-14)50-31(51-30)53-12-8-16(9-13-53)41-28(39)48-26(55)18-22(35)46-24(37)20(33)44-18/h14-16H,1-13H2,(H4,34,36,45)(H4,35,37,46)(H3,38,40,47,54)(H3,39,41,48,55)(H,42,49,50,51). The Bertz CT molecular complexity index is 1830. The molecule has 1 aliphatic carbocycles. The van der Waals surface area contributed by atoms with Gasteiger partial charge in [-0.15, -0.1) is 0 Å². The molecule has 0 atom stereocenters. The lowest BCUT2D eigenvalue weighted by Crippen LogP contribution is -2.42. The normalized spacial score (nSPS) is 17.9. The first-order valence-corrected chi connectivity index (χ1v) is 18.6. The lowest BCUT2D eigenvalue weighted by atomic mass is 9.96. The van der Waals surface area contributed by atoms with E-state index >= 15 is 0 Å². The summed E-state index contributed by atoms with van der Waals surface area (Å²) in [7, 11) is 0. The molecule has 2 amide bonds. The number of nitrogens with one attached hydrogen (secondary N) is 3. The maximum Gasteiger partial charge on any atom is 0.280 e. The van der Waals surface area contributed by atoms with Crippen LogP contribution in [0.3, 0.4) is 0 Å². The number of rotatable bonds is 8. The first-order valence-electron chi connectivity index (χ1n) is 17.8. The molecule has 0 spiro atoms. The number of carbonyl (C=O) groups is 2. The number of hydrogen-bond donors (Lipinski definition) is 9. The average Bonchev–Trinajstić information content (AvgIpc) is 3.15. The van der Waals surface area contributed by atoms with Crippen molar-refractivity contribution < 1.29 is 9.59 Å². The van der Waals surface area contributed by atoms with Gasteiger partial charge < -0.3 is 49.5 Å². The number of nitrogen functional groups attached to an aromatic ring is 4. The molecule has 294 valence electrons. The van der Waals surface area contributed by atoms with Gasteiger partial charge in [-0.3, -0.25) is 20.2 Å². The van der Waals surface area contributed by atoms with Crippen molar-refractivity contribution in [3.8, 4) is 0 Å². The van der Waals surface area contributed by atoms with Gasteiger partial charge in [0.1, 0.15) is 0 Å². The van der Waals surface area contributed by atoms with E-state index in [0.29, 0.717) is 69.7 Å². The maximum atomic E-state index is 12.7. The minimum Gasteiger partial charge on any atom is -0.382 e. The highest BCUT2D eigenvalue weighted by Crippen LogP contribution is 2.27. The van der Waals surface area contributed by atoms with Gasteiger partial charge in [0.15, 0.2) is 56.9 Å². The van der Waals surface area contributed by atoms with Crippen molar-refractivity contribution in [2.24, 2.45) is 21.5 Å². The zero-order chi connectivity index (χ0) is 39.2. The van der Waals surface area contributed by atoms with Crippen LogP contribution in [0.15, 0.2) is 9.98 Å². The third kappa shape index (κ3) is 9.86. The van der Waals surface area contributed by atoms with Crippen LogP contribution in [0.25, 0.3) is 0 Å². The third-order valence-electron chi connectivity index (χ3n) is 9.41. The Morgan fingerprint density at radius 3 is 1.42 bits per heavy atom. The maximum absolute atomic E-state index is 12.7. The number of anilines is 7. The Morgan fingerprint density at radius 1 is 0.582 bits per heavy atom. The molecule has 3 aromatic heterocycles. The van der Waals surface area contributed by atoms with E-state index in [9.17, 15) is 9.59 Å². The summed E-state index contributed by atoms with van der Waals surface area (Å²) >= 11 is 11.8. The molecule has 2 saturated heterocycles. The lowest BCUT2D eigenvalue weighted by Gasteiger charge is -2.33. The predicted molar refractivity (Wildman–Crippen MR) is 211 cm³/mol. The van der Waals surface area contributed by atoms with Crippen LogP contribution in [0.1, 0.15) is 78.8 Å². The molecule has 15 N–H and O–H groups in total. The van der Waals surface area contributed by atoms with E-state index in [1.54, 1.807) is 0 Å². The molecular weight excluding hydrogens is 755 g/mol. The van der Waals surface area contributed by atoms with Gasteiger partial charge in [-0.25, -0.2) is 29.9 Å². The Balaban J connectivity index is 1.09. The van der Waals surface area contributed by atoms with Gasteiger partial charge in [-0.05, 0) is 38.5 Å². The van der Waals surface area contributed by atoms with Crippen LogP contribution in [0.5, 0.6) is 0 Å². The van der Waals surface area contributed by atoms with E-state index in [1.165, 1.54) is 6.42 Å². The van der Waals surface area contributed by atoms with E-state index in [0.717, 1.165) is 25.7 Å². The summed E-state index contributed by atoms with van der Waals surface area (Å²) in [5.74, 6) is -0.456. The van der Waals surface area contributed by atoms with Gasteiger partial charge in [-0.1, -0.05) is 42.5 Å². The van der Waals surface area contributed by atoms with Gasteiger partial charge in [-0.2, -0.15) is 15.0 Å². The van der Waals surface area contributed by atoms with Gasteiger partial charge >= 0.3 is 0 Å². The molecule has 0 aromatic carbocycles. The number of guanidine groups is 2. The minimum absolute atomic E-state index is 0.0818. The van der Waals surface area contributed by atoms with E-state index in [2.05, 4.69) is 55.7 Å². The summed E-state index contributed by atoms with van der Waals surface area (Å²) < 4.78 is 0. The van der Waals surface area contributed by atoms with Crippen LogP contribution in [0.2, 0.25) is 10.3 Å². The summed E-state index contributed by atoms with van der Waals surface area (Å²) in [6.45, 7) is 2.37. The van der Waals surface area contributed by atoms with Gasteiger partial charge in [0.05, 0.1) is 12.1 Å². The number of aliphatic imine (C=N–C) groups is 2. The topological polar surface area (TPSA) is 348 Å². The van der Waals surface area contributed by atoms with Crippen LogP contribution in [-0.4, -0.2) is 103 Å². The molecular formula is C31H44Cl2N20O2. The zero-order valence-electron chi connectivity index (χ0n) is 29.9. The second-order valence-corrected chi connectivity index (χ2v) is 14.1. The van der Waals surface area contributed by atoms with Crippen LogP contribution in [0.4, 0.5) is 41.1 Å². The molecule has 0 bridgehead atoms. The van der Waals surface area contributed by atoms with Crippen molar-refractivity contribution in [1.29, 1.82) is 0 Å². The molecule has 0 radical (unpaired) electrons. The number of hydrogen-bond acceptors (Lipinski definition) is 18. The lowest BCUT2D eigenvalue weighted by molar-refractivity contribution is 0.0963. The first-order chi connectivity index (χ1) is 26.3. The molecule has 3 fully saturated rings. The molecule has 55 heavy (non-hydrogen) atoms. The third-order valence-corrected chi connectivity index (χ3v) is 9.97. The summed E-state index contributed by atoms with van der Waals surface area (Å²) in [4.78, 5) is 68.6. The molecule has 22 nitrogen and oxygen atoms in total. The highest BCUT2D eigenvalue weighted by molar-refractivity contribution is 6.32. The Labute approximate surface area is 325 Å². The van der Waals surface area contributed by atoms with Crippen LogP contribution in [0, 0.1) is 0 Å². The number of amides is 2. The van der Waals surface area contributed by atoms with E-state index in [4.69, 9.17) is 72.6 Å². The highest BCUT2D eigenvalue weighted by atomic mass is 35.5. The summed E-state index contributed by atoms with van der Waals surface area (Å²) in [5.41, 5.74) is 34.5. The number of halogens is 2. The molecule has 3 aromatic rings. The molecule has 2 aliphatic heterocycles. The summed E-state index contributed by atoms with van der Waals surface area (Å²) in [6, 6.07) is -0.0467. The van der Waals surface area contributed by atoms with Crippen LogP contribution >= 0.6 is 23.2 Å². The summed E-state index contributed by atoms with van der Waals surface area (Å²) in [5, 5.41) is 8.25. The van der Waals surface area contributed by atoms with Crippen LogP contribution in [-0.2, 0) is 0 Å². The summed E-state index contributed by atoms with van der Waals surface area (Å²) in [6.07, 6.45) is 8.15. The van der Waals surface area contributed by atoms with Gasteiger partial charge in [0.2, 0.25) is 17.8 Å². The molecule has 24 heteroatoms. The molecule has 1 saturated carbocycles. The number of aromatic nitrogens is 7. The minimum atomic E-state index is -0.701. The SMILES string of the molecule is NC(=NC1CCN(c2nc(NC3CCCCC3)nc(N3CCC(N=C(N)NC(=O)c4nc(Cl)c(N)nc4N)CC3)n2)CC1)NC(=O)c1nc(Cl)c(N)nc1N. The number of nitrogens with two attached hydrogens (primary N) is 6. The first kappa shape index (κ1) is 38.9. The fourth-order valence-electron chi connectivity index (χ4n) is 6.55. The fourth-order valence-corrected chi connectivity index (χ4v) is 6.80. The van der Waals surface area contributed by atoms with Crippen LogP contribution < -0.4 is 60.2 Å². The zero-order valence-corrected chi connectivity index (χ0v) is 31.4. The van der Waals surface area contributed by atoms with Crippen molar-refractivity contribution >= 4 is 88.1 Å². The van der Waals surface area contributed by atoms with Crippen molar-refractivity contribution in [3.05, 3.63) is 21.7 Å². The largest absolute Gasteiger partial charge is 0.382 e. The monoisotopic (exact) mass is 798 g/mol. The van der Waals surface area contributed by atoms with E-state index in [1.807, 2.05) is 0 Å². The quantitative estimate of drug-likeness (QED) is 0.109. The Morgan fingerprint density at radius 2 is 1.00 bits per heavy atom. The number of piperidine rings is 2. The van der Waals surface area contributed by atoms with E-state index < -0.39 is 11.8 Å². The Kier molecular flexibility index (Phi) is 12.1. The van der Waals surface area contributed by atoms with Crippen molar-refractivity contribution in [3.63, 3.8) is 0 Å². The molecule has 5 heterocycles. The second kappa shape index (κ2) is 17.1. The number of nitrogens with zero attached hydrogens (tertiary/aromatic N) is 11.